The van der Waals surface area contributed by atoms with E-state index in [1.165, 1.54) is 17.0 Å². The van der Waals surface area contributed by atoms with Crippen LogP contribution in [0.2, 0.25) is 0 Å². The van der Waals surface area contributed by atoms with Crippen molar-refractivity contribution in [3.05, 3.63) is 18.2 Å². The van der Waals surface area contributed by atoms with Crippen LogP contribution in [-0.2, 0) is 5.92 Å². The highest BCUT2D eigenvalue weighted by Crippen LogP contribution is 2.38. The first-order chi connectivity index (χ1) is 6.15. The average molecular weight is 188 g/mol. The maximum atomic E-state index is 13.0. The van der Waals surface area contributed by atoms with Gasteiger partial charge in [0.2, 0.25) is 0 Å². The van der Waals surface area contributed by atoms with Crippen molar-refractivity contribution >= 4 is 0 Å². The van der Waals surface area contributed by atoms with Crippen molar-refractivity contribution < 1.29 is 13.9 Å². The predicted octanol–water partition coefficient (Wildman–Crippen LogP) is 1.30. The van der Waals surface area contributed by atoms with Crippen molar-refractivity contribution in [2.24, 2.45) is 0 Å². The Morgan fingerprint density at radius 2 is 2.31 bits per heavy atom. The molecule has 2 rings (SSSR count). The van der Waals surface area contributed by atoms with Gasteiger partial charge in [0.05, 0.1) is 0 Å². The Kier molecular flexibility index (Phi) is 1.83. The lowest BCUT2D eigenvalue weighted by molar-refractivity contribution is -0.0657. The number of aliphatic hydroxyl groups is 1. The van der Waals surface area contributed by atoms with Crippen LogP contribution in [0.15, 0.2) is 12.4 Å². The summed E-state index contributed by atoms with van der Waals surface area (Å²) in [5.41, 5.74) is 0. The van der Waals surface area contributed by atoms with Crippen LogP contribution >= 0.6 is 0 Å². The molecule has 1 aliphatic rings. The zero-order chi connectivity index (χ0) is 9.47. The molecule has 1 fully saturated rings. The summed E-state index contributed by atoms with van der Waals surface area (Å²) >= 11 is 0. The number of rotatable bonds is 3. The lowest BCUT2D eigenvalue weighted by atomic mass is 10.3. The van der Waals surface area contributed by atoms with Gasteiger partial charge < -0.3 is 9.67 Å². The fourth-order valence-electron chi connectivity index (χ4n) is 1.31. The highest BCUT2D eigenvalue weighted by Gasteiger charge is 2.38. The lowest BCUT2D eigenvalue weighted by Crippen LogP contribution is -2.23. The topological polar surface area (TPSA) is 38.1 Å². The highest BCUT2D eigenvalue weighted by atomic mass is 19.3. The molecule has 5 heteroatoms. The molecule has 3 nitrogen and oxygen atoms in total. The van der Waals surface area contributed by atoms with E-state index in [0.29, 0.717) is 0 Å². The molecule has 1 aromatic rings. The zero-order valence-corrected chi connectivity index (χ0v) is 6.95. The largest absolute Gasteiger partial charge is 0.390 e. The van der Waals surface area contributed by atoms with Gasteiger partial charge in [0.25, 0.3) is 0 Å². The minimum atomic E-state index is -3.22. The Labute approximate surface area is 74.0 Å². The number of hydrogen-bond acceptors (Lipinski definition) is 2. The van der Waals surface area contributed by atoms with E-state index >= 15 is 0 Å². The summed E-state index contributed by atoms with van der Waals surface area (Å²) in [6.45, 7) is -1.18. The van der Waals surface area contributed by atoms with Crippen LogP contribution in [0.1, 0.15) is 24.7 Å². The van der Waals surface area contributed by atoms with E-state index in [9.17, 15) is 8.78 Å². The number of imidazole rings is 1. The van der Waals surface area contributed by atoms with Gasteiger partial charge in [-0.25, -0.2) is 4.98 Å². The highest BCUT2D eigenvalue weighted by molar-refractivity contribution is 5.05. The van der Waals surface area contributed by atoms with Crippen LogP contribution in [0.5, 0.6) is 0 Å². The second-order valence-electron chi connectivity index (χ2n) is 3.25. The quantitative estimate of drug-likeness (QED) is 0.776. The molecule has 0 aromatic carbocycles. The van der Waals surface area contributed by atoms with E-state index in [-0.39, 0.29) is 11.9 Å². The van der Waals surface area contributed by atoms with E-state index in [0.717, 1.165) is 12.8 Å². The molecule has 0 spiro atoms. The molecule has 1 aromatic heterocycles. The van der Waals surface area contributed by atoms with E-state index < -0.39 is 12.5 Å². The molecule has 13 heavy (non-hydrogen) atoms. The SMILES string of the molecule is OCC(F)(F)c1nccn1C1CC1. The van der Waals surface area contributed by atoms with Crippen molar-refractivity contribution in [2.45, 2.75) is 24.8 Å². The summed E-state index contributed by atoms with van der Waals surface area (Å²) in [5, 5.41) is 8.49. The monoisotopic (exact) mass is 188 g/mol. The smallest absolute Gasteiger partial charge is 0.327 e. The number of halogens is 2. The van der Waals surface area contributed by atoms with Gasteiger partial charge in [-0.1, -0.05) is 0 Å². The zero-order valence-electron chi connectivity index (χ0n) is 6.95. The van der Waals surface area contributed by atoms with Gasteiger partial charge in [-0.15, -0.1) is 0 Å². The van der Waals surface area contributed by atoms with Crippen molar-refractivity contribution in [2.75, 3.05) is 6.61 Å². The molecule has 0 radical (unpaired) electrons. The maximum Gasteiger partial charge on any atom is 0.327 e. The Bertz CT molecular complexity index is 307. The molecule has 72 valence electrons. The lowest BCUT2D eigenvalue weighted by Gasteiger charge is -2.14. The van der Waals surface area contributed by atoms with E-state index in [1.54, 1.807) is 0 Å². The second kappa shape index (κ2) is 2.77. The number of hydrogen-bond donors (Lipinski definition) is 1. The summed E-state index contributed by atoms with van der Waals surface area (Å²) in [7, 11) is 0. The van der Waals surface area contributed by atoms with Crippen LogP contribution in [0.3, 0.4) is 0 Å². The first-order valence-corrected chi connectivity index (χ1v) is 4.17. The molecule has 1 saturated carbocycles. The molecule has 0 saturated heterocycles. The molecule has 1 aliphatic carbocycles. The molecule has 0 bridgehead atoms. The molecule has 0 aliphatic heterocycles. The fraction of sp³-hybridized carbons (Fsp3) is 0.625. The predicted molar refractivity (Wildman–Crippen MR) is 41.5 cm³/mol. The average Bonchev–Trinajstić information content (AvgIpc) is 2.83. The molecule has 0 amide bonds. The Hall–Kier alpha value is -0.970. The number of alkyl halides is 2. The van der Waals surface area contributed by atoms with Gasteiger partial charge in [-0.3, -0.25) is 0 Å². The fourth-order valence-corrected chi connectivity index (χ4v) is 1.31. The molecule has 1 N–H and O–H groups in total. The van der Waals surface area contributed by atoms with Crippen molar-refractivity contribution in [3.63, 3.8) is 0 Å². The molecular formula is C8H10F2N2O. The minimum Gasteiger partial charge on any atom is -0.390 e. The second-order valence-corrected chi connectivity index (χ2v) is 3.25. The Morgan fingerprint density at radius 3 is 2.85 bits per heavy atom. The van der Waals surface area contributed by atoms with Gasteiger partial charge in [0.1, 0.15) is 6.61 Å². The summed E-state index contributed by atoms with van der Waals surface area (Å²) in [5.74, 6) is -3.54. The normalized spacial score (nSPS) is 17.8. The first-order valence-electron chi connectivity index (χ1n) is 4.17. The van der Waals surface area contributed by atoms with E-state index in [4.69, 9.17) is 5.11 Å². The third-order valence-electron chi connectivity index (χ3n) is 2.13. The number of aliphatic hydroxyl groups excluding tert-OH is 1. The minimum absolute atomic E-state index is 0.162. The summed E-state index contributed by atoms with van der Waals surface area (Å²) in [4.78, 5) is 3.57. The Balaban J connectivity index is 2.33. The molecule has 1 heterocycles. The van der Waals surface area contributed by atoms with Crippen LogP contribution in [-0.4, -0.2) is 21.3 Å². The molecule has 0 unspecified atom stereocenters. The standard InChI is InChI=1S/C8H10F2N2O/c9-8(10,5-13)7-11-3-4-12(7)6-1-2-6/h3-4,6,13H,1-2,5H2. The Morgan fingerprint density at radius 1 is 1.62 bits per heavy atom. The van der Waals surface area contributed by atoms with Crippen molar-refractivity contribution in [1.82, 2.24) is 9.55 Å². The third kappa shape index (κ3) is 1.44. The van der Waals surface area contributed by atoms with Gasteiger partial charge in [-0.05, 0) is 12.8 Å². The van der Waals surface area contributed by atoms with Gasteiger partial charge in [0, 0.05) is 18.4 Å². The van der Waals surface area contributed by atoms with Crippen molar-refractivity contribution in [1.29, 1.82) is 0 Å². The summed E-state index contributed by atoms with van der Waals surface area (Å²) < 4.78 is 27.5. The summed E-state index contributed by atoms with van der Waals surface area (Å²) in [6.07, 6.45) is 4.73. The summed E-state index contributed by atoms with van der Waals surface area (Å²) in [6, 6.07) is 0.162. The van der Waals surface area contributed by atoms with Crippen LogP contribution in [0.25, 0.3) is 0 Å². The van der Waals surface area contributed by atoms with Crippen LogP contribution < -0.4 is 0 Å². The maximum absolute atomic E-state index is 13.0. The molecular weight excluding hydrogens is 178 g/mol. The van der Waals surface area contributed by atoms with Gasteiger partial charge >= 0.3 is 5.92 Å². The van der Waals surface area contributed by atoms with E-state index in [1.807, 2.05) is 0 Å². The van der Waals surface area contributed by atoms with Crippen LogP contribution in [0, 0.1) is 0 Å². The third-order valence-corrected chi connectivity index (χ3v) is 2.13. The van der Waals surface area contributed by atoms with Crippen molar-refractivity contribution in [3.8, 4) is 0 Å². The number of nitrogens with zero attached hydrogens (tertiary/aromatic N) is 2. The first kappa shape index (κ1) is 8.62. The number of aromatic nitrogens is 2. The van der Waals surface area contributed by atoms with Gasteiger partial charge in [0.15, 0.2) is 5.82 Å². The van der Waals surface area contributed by atoms with E-state index in [2.05, 4.69) is 4.98 Å². The van der Waals surface area contributed by atoms with Crippen LogP contribution in [0.4, 0.5) is 8.78 Å². The molecule has 0 atom stereocenters. The van der Waals surface area contributed by atoms with Gasteiger partial charge in [-0.2, -0.15) is 8.78 Å².